The number of halogens is 1. The zero-order chi connectivity index (χ0) is 15.5. The molecule has 0 saturated carbocycles. The van der Waals surface area contributed by atoms with Crippen LogP contribution in [0.15, 0.2) is 53.4 Å². The zero-order valence-corrected chi connectivity index (χ0v) is 11.5. The standard InChI is InChI=1S/C13H12FN3O3S/c14-11-3-1-2-4-12(11)21(19,20)17-10-7-5-9(6-8-10)16-13(15)18/h1-8,17H,(H3,15,16,18). The predicted octanol–water partition coefficient (Wildman–Crippen LogP) is 2.12. The molecule has 0 bridgehead atoms. The number of hydrogen-bond acceptors (Lipinski definition) is 3. The number of amides is 2. The topological polar surface area (TPSA) is 101 Å². The lowest BCUT2D eigenvalue weighted by Crippen LogP contribution is -2.19. The summed E-state index contributed by atoms with van der Waals surface area (Å²) in [7, 11) is -4.02. The fourth-order valence-electron chi connectivity index (χ4n) is 1.64. The van der Waals surface area contributed by atoms with E-state index in [-0.39, 0.29) is 5.69 Å². The second-order valence-corrected chi connectivity index (χ2v) is 5.75. The Kier molecular flexibility index (Phi) is 4.08. The number of carbonyl (C=O) groups excluding carboxylic acids is 1. The first-order valence-corrected chi connectivity index (χ1v) is 7.31. The van der Waals surface area contributed by atoms with Crippen LogP contribution in [0.2, 0.25) is 0 Å². The van der Waals surface area contributed by atoms with Crippen LogP contribution in [-0.4, -0.2) is 14.4 Å². The first-order chi connectivity index (χ1) is 9.88. The third-order valence-electron chi connectivity index (χ3n) is 2.53. The number of hydrogen-bond donors (Lipinski definition) is 3. The molecular weight excluding hydrogens is 297 g/mol. The van der Waals surface area contributed by atoms with Crippen molar-refractivity contribution >= 4 is 27.4 Å². The van der Waals surface area contributed by atoms with Crippen molar-refractivity contribution in [3.63, 3.8) is 0 Å². The highest BCUT2D eigenvalue weighted by Crippen LogP contribution is 2.20. The Bertz CT molecular complexity index is 760. The summed E-state index contributed by atoms with van der Waals surface area (Å²) >= 11 is 0. The van der Waals surface area contributed by atoms with E-state index in [0.29, 0.717) is 5.69 Å². The van der Waals surface area contributed by atoms with Gasteiger partial charge in [-0.05, 0) is 36.4 Å². The number of nitrogens with one attached hydrogen (secondary N) is 2. The third-order valence-corrected chi connectivity index (χ3v) is 3.95. The minimum Gasteiger partial charge on any atom is -0.351 e. The zero-order valence-electron chi connectivity index (χ0n) is 10.7. The van der Waals surface area contributed by atoms with Gasteiger partial charge in [-0.2, -0.15) is 0 Å². The van der Waals surface area contributed by atoms with Gasteiger partial charge >= 0.3 is 6.03 Å². The van der Waals surface area contributed by atoms with Crippen molar-refractivity contribution < 1.29 is 17.6 Å². The van der Waals surface area contributed by atoms with Crippen LogP contribution in [0.5, 0.6) is 0 Å². The van der Waals surface area contributed by atoms with Crippen molar-refractivity contribution in [3.8, 4) is 0 Å². The largest absolute Gasteiger partial charge is 0.351 e. The molecular formula is C13H12FN3O3S. The van der Waals surface area contributed by atoms with Crippen LogP contribution in [0.4, 0.5) is 20.6 Å². The fourth-order valence-corrected chi connectivity index (χ4v) is 2.78. The summed E-state index contributed by atoms with van der Waals surface area (Å²) in [4.78, 5) is 10.2. The van der Waals surface area contributed by atoms with E-state index in [1.54, 1.807) is 0 Å². The Hall–Kier alpha value is -2.61. The molecule has 0 aliphatic carbocycles. The number of benzene rings is 2. The van der Waals surface area contributed by atoms with Gasteiger partial charge in [-0.1, -0.05) is 12.1 Å². The van der Waals surface area contributed by atoms with E-state index >= 15 is 0 Å². The summed E-state index contributed by atoms with van der Waals surface area (Å²) < 4.78 is 39.8. The molecule has 6 nitrogen and oxygen atoms in total. The molecule has 0 aromatic heterocycles. The second-order valence-electron chi connectivity index (χ2n) is 4.10. The van der Waals surface area contributed by atoms with E-state index in [1.807, 2.05) is 0 Å². The van der Waals surface area contributed by atoms with Crippen LogP contribution in [-0.2, 0) is 10.0 Å². The maximum Gasteiger partial charge on any atom is 0.316 e. The predicted molar refractivity (Wildman–Crippen MR) is 76.9 cm³/mol. The molecule has 21 heavy (non-hydrogen) atoms. The molecule has 0 unspecified atom stereocenters. The molecule has 110 valence electrons. The maximum absolute atomic E-state index is 13.5. The van der Waals surface area contributed by atoms with Crippen molar-refractivity contribution in [2.45, 2.75) is 4.90 Å². The van der Waals surface area contributed by atoms with Gasteiger partial charge in [-0.15, -0.1) is 0 Å². The molecule has 0 aliphatic rings. The lowest BCUT2D eigenvalue weighted by molar-refractivity contribution is 0.259. The van der Waals surface area contributed by atoms with Crippen LogP contribution < -0.4 is 15.8 Å². The Balaban J connectivity index is 2.21. The van der Waals surface area contributed by atoms with E-state index in [0.717, 1.165) is 6.07 Å². The van der Waals surface area contributed by atoms with Gasteiger partial charge in [0, 0.05) is 11.4 Å². The van der Waals surface area contributed by atoms with Crippen molar-refractivity contribution in [2.75, 3.05) is 10.0 Å². The Labute approximate surface area is 120 Å². The normalized spacial score (nSPS) is 10.9. The van der Waals surface area contributed by atoms with Crippen LogP contribution in [0.3, 0.4) is 0 Å². The summed E-state index contributed by atoms with van der Waals surface area (Å²) in [5.74, 6) is -0.836. The highest BCUT2D eigenvalue weighted by atomic mass is 32.2. The summed E-state index contributed by atoms with van der Waals surface area (Å²) in [5.41, 5.74) is 5.60. The van der Waals surface area contributed by atoms with Crippen molar-refractivity contribution in [2.24, 2.45) is 5.73 Å². The monoisotopic (exact) mass is 309 g/mol. The quantitative estimate of drug-likeness (QED) is 0.806. The van der Waals surface area contributed by atoms with Gasteiger partial charge in [-0.3, -0.25) is 4.72 Å². The number of rotatable bonds is 4. The molecule has 0 aliphatic heterocycles. The van der Waals surface area contributed by atoms with E-state index in [4.69, 9.17) is 5.73 Å². The highest BCUT2D eigenvalue weighted by Gasteiger charge is 2.18. The van der Waals surface area contributed by atoms with Gasteiger partial charge in [0.2, 0.25) is 0 Å². The highest BCUT2D eigenvalue weighted by molar-refractivity contribution is 7.92. The van der Waals surface area contributed by atoms with Gasteiger partial charge in [-0.25, -0.2) is 17.6 Å². The minimum absolute atomic E-state index is 0.230. The molecule has 4 N–H and O–H groups in total. The van der Waals surface area contributed by atoms with E-state index in [9.17, 15) is 17.6 Å². The summed E-state index contributed by atoms with van der Waals surface area (Å²) in [6, 6.07) is 10.1. The SMILES string of the molecule is NC(=O)Nc1ccc(NS(=O)(=O)c2ccccc2F)cc1. The molecule has 2 aromatic rings. The van der Waals surface area contributed by atoms with Crippen molar-refractivity contribution in [1.82, 2.24) is 0 Å². The smallest absolute Gasteiger partial charge is 0.316 e. The van der Waals surface area contributed by atoms with Gasteiger partial charge in [0.05, 0.1) is 0 Å². The molecule has 0 spiro atoms. The van der Waals surface area contributed by atoms with Crippen molar-refractivity contribution in [3.05, 3.63) is 54.3 Å². The molecule has 0 radical (unpaired) electrons. The molecule has 0 fully saturated rings. The Morgan fingerprint density at radius 2 is 1.57 bits per heavy atom. The minimum atomic E-state index is -4.02. The van der Waals surface area contributed by atoms with Gasteiger partial charge in [0.25, 0.3) is 10.0 Å². The molecule has 2 aromatic carbocycles. The van der Waals surface area contributed by atoms with Gasteiger partial charge < -0.3 is 11.1 Å². The molecule has 0 atom stereocenters. The average molecular weight is 309 g/mol. The lowest BCUT2D eigenvalue weighted by Gasteiger charge is -2.09. The second kappa shape index (κ2) is 5.80. The maximum atomic E-state index is 13.5. The van der Waals surface area contributed by atoms with Crippen LogP contribution in [0.25, 0.3) is 0 Å². The number of urea groups is 1. The summed E-state index contributed by atoms with van der Waals surface area (Å²) in [5, 5.41) is 2.34. The van der Waals surface area contributed by atoms with Crippen LogP contribution in [0, 0.1) is 5.82 Å². The average Bonchev–Trinajstić information content (AvgIpc) is 2.40. The number of carbonyl (C=O) groups is 1. The fraction of sp³-hybridized carbons (Fsp3) is 0. The van der Waals surface area contributed by atoms with E-state index < -0.39 is 26.8 Å². The van der Waals surface area contributed by atoms with Gasteiger partial charge in [0.15, 0.2) is 0 Å². The number of sulfonamides is 1. The summed E-state index contributed by atoms with van der Waals surface area (Å²) in [6.45, 7) is 0. The molecule has 2 rings (SSSR count). The Morgan fingerprint density at radius 1 is 1.00 bits per heavy atom. The molecule has 0 saturated heterocycles. The van der Waals surface area contributed by atoms with E-state index in [2.05, 4.69) is 10.0 Å². The Morgan fingerprint density at radius 3 is 2.14 bits per heavy atom. The first-order valence-electron chi connectivity index (χ1n) is 5.82. The molecule has 8 heteroatoms. The van der Waals surface area contributed by atoms with Crippen LogP contribution in [0.1, 0.15) is 0 Å². The number of anilines is 2. The first kappa shape index (κ1) is 14.8. The third kappa shape index (κ3) is 3.69. The van der Waals surface area contributed by atoms with E-state index in [1.165, 1.54) is 42.5 Å². The number of primary amides is 1. The number of nitrogens with two attached hydrogens (primary N) is 1. The summed E-state index contributed by atoms with van der Waals surface area (Å²) in [6.07, 6.45) is 0. The van der Waals surface area contributed by atoms with Crippen LogP contribution >= 0.6 is 0 Å². The molecule has 0 heterocycles. The molecule has 2 amide bonds. The van der Waals surface area contributed by atoms with Crippen molar-refractivity contribution in [1.29, 1.82) is 0 Å². The lowest BCUT2D eigenvalue weighted by atomic mass is 10.3. The van der Waals surface area contributed by atoms with Gasteiger partial charge in [0.1, 0.15) is 10.7 Å².